The molecule has 3 aromatic heterocycles. The Hall–Kier alpha value is -3.55. The van der Waals surface area contributed by atoms with Crippen LogP contribution in [0, 0.1) is 0 Å². The molecule has 4 rings (SSSR count). The van der Waals surface area contributed by atoms with Crippen molar-refractivity contribution in [3.05, 3.63) is 48.5 Å². The van der Waals surface area contributed by atoms with E-state index in [1.807, 2.05) is 35.0 Å². The van der Waals surface area contributed by atoms with Gasteiger partial charge in [0.05, 0.1) is 39.1 Å². The minimum atomic E-state index is 0.531. The summed E-state index contributed by atoms with van der Waals surface area (Å²) in [6.45, 7) is 0.565. The number of benzene rings is 1. The van der Waals surface area contributed by atoms with Crippen LogP contribution in [0.1, 0.15) is 5.69 Å². The van der Waals surface area contributed by atoms with Gasteiger partial charge in [-0.3, -0.25) is 5.10 Å². The van der Waals surface area contributed by atoms with Crippen molar-refractivity contribution < 1.29 is 14.2 Å². The van der Waals surface area contributed by atoms with Crippen molar-refractivity contribution in [1.82, 2.24) is 24.7 Å². The number of nitrogens with zero attached hydrogens (tertiary/aromatic N) is 4. The maximum atomic E-state index is 5.61. The molecule has 4 aromatic rings. The van der Waals surface area contributed by atoms with Gasteiger partial charge in [0.2, 0.25) is 5.75 Å². The third kappa shape index (κ3) is 2.84. The number of hydrogen-bond donors (Lipinski definition) is 1. The first-order chi connectivity index (χ1) is 13.3. The molecule has 0 saturated carbocycles. The lowest BCUT2D eigenvalue weighted by Crippen LogP contribution is -2.04. The summed E-state index contributed by atoms with van der Waals surface area (Å²) in [4.78, 5) is 8.79. The minimum absolute atomic E-state index is 0.531. The Bertz CT molecular complexity index is 1090. The minimum Gasteiger partial charge on any atom is -0.493 e. The number of rotatable bonds is 6. The van der Waals surface area contributed by atoms with Crippen LogP contribution in [-0.2, 0) is 6.54 Å². The largest absolute Gasteiger partial charge is 0.493 e. The maximum absolute atomic E-state index is 5.61. The van der Waals surface area contributed by atoms with Gasteiger partial charge in [-0.2, -0.15) is 5.10 Å². The second-order valence-electron chi connectivity index (χ2n) is 5.84. The van der Waals surface area contributed by atoms with Crippen LogP contribution in [-0.4, -0.2) is 46.1 Å². The molecule has 0 aliphatic rings. The second-order valence-corrected chi connectivity index (χ2v) is 5.84. The monoisotopic (exact) mass is 365 g/mol. The van der Waals surface area contributed by atoms with Crippen LogP contribution in [0.4, 0.5) is 0 Å². The molecule has 0 bridgehead atoms. The Morgan fingerprint density at radius 2 is 1.81 bits per heavy atom. The Morgan fingerprint density at radius 3 is 2.59 bits per heavy atom. The highest BCUT2D eigenvalue weighted by atomic mass is 16.5. The van der Waals surface area contributed by atoms with Gasteiger partial charge in [0, 0.05) is 24.0 Å². The van der Waals surface area contributed by atoms with Gasteiger partial charge >= 0.3 is 0 Å². The van der Waals surface area contributed by atoms with Crippen molar-refractivity contribution in [2.75, 3.05) is 21.3 Å². The lowest BCUT2D eigenvalue weighted by molar-refractivity contribution is 0.325. The maximum Gasteiger partial charge on any atom is 0.204 e. The smallest absolute Gasteiger partial charge is 0.204 e. The van der Waals surface area contributed by atoms with E-state index in [0.29, 0.717) is 29.4 Å². The quantitative estimate of drug-likeness (QED) is 0.565. The standard InChI is InChI=1S/C19H19N5O3/c1-25-15-7-6-13(16(26-2)17(15)27-3)19-21-9-10-24(19)11-14-12-5-4-8-20-18(12)23-22-14/h4-10H,11H2,1-3H3,(H,20,22,23). The number of fused-ring (bicyclic) bond motifs is 1. The summed E-state index contributed by atoms with van der Waals surface area (Å²) >= 11 is 0. The molecule has 0 fully saturated rings. The zero-order chi connectivity index (χ0) is 18.8. The van der Waals surface area contributed by atoms with Gasteiger partial charge < -0.3 is 18.8 Å². The Morgan fingerprint density at radius 1 is 0.963 bits per heavy atom. The Kier molecular flexibility index (Phi) is 4.37. The molecule has 27 heavy (non-hydrogen) atoms. The van der Waals surface area contributed by atoms with Crippen LogP contribution >= 0.6 is 0 Å². The SMILES string of the molecule is COc1ccc(-c2nccn2Cc2[nH]nc3ncccc23)c(OC)c1OC. The van der Waals surface area contributed by atoms with Crippen molar-refractivity contribution >= 4 is 11.0 Å². The van der Waals surface area contributed by atoms with E-state index in [1.165, 1.54) is 0 Å². The molecule has 1 N–H and O–H groups in total. The molecule has 0 aliphatic carbocycles. The lowest BCUT2D eigenvalue weighted by atomic mass is 10.1. The van der Waals surface area contributed by atoms with Crippen LogP contribution in [0.15, 0.2) is 42.9 Å². The van der Waals surface area contributed by atoms with Gasteiger partial charge in [0.1, 0.15) is 5.82 Å². The summed E-state index contributed by atoms with van der Waals surface area (Å²) in [5, 5.41) is 8.30. The van der Waals surface area contributed by atoms with E-state index in [4.69, 9.17) is 14.2 Å². The number of ether oxygens (including phenoxy) is 3. The highest BCUT2D eigenvalue weighted by molar-refractivity contribution is 5.77. The number of H-pyrrole nitrogens is 1. The number of pyridine rings is 1. The van der Waals surface area contributed by atoms with Crippen molar-refractivity contribution in [3.8, 4) is 28.6 Å². The van der Waals surface area contributed by atoms with E-state index in [2.05, 4.69) is 20.2 Å². The molecule has 138 valence electrons. The summed E-state index contributed by atoms with van der Waals surface area (Å²) < 4.78 is 18.5. The van der Waals surface area contributed by atoms with Crippen molar-refractivity contribution in [3.63, 3.8) is 0 Å². The van der Waals surface area contributed by atoms with Gasteiger partial charge in [0.25, 0.3) is 0 Å². The van der Waals surface area contributed by atoms with Crippen LogP contribution in [0.5, 0.6) is 17.2 Å². The average molecular weight is 365 g/mol. The van der Waals surface area contributed by atoms with Gasteiger partial charge in [-0.1, -0.05) is 0 Å². The van der Waals surface area contributed by atoms with E-state index in [0.717, 1.165) is 22.5 Å². The zero-order valence-corrected chi connectivity index (χ0v) is 15.3. The molecule has 8 nitrogen and oxygen atoms in total. The first-order valence-electron chi connectivity index (χ1n) is 8.35. The molecule has 0 spiro atoms. The first-order valence-corrected chi connectivity index (χ1v) is 8.35. The molecule has 0 aliphatic heterocycles. The molecular weight excluding hydrogens is 346 g/mol. The number of nitrogens with one attached hydrogen (secondary N) is 1. The lowest BCUT2D eigenvalue weighted by Gasteiger charge is -2.16. The van der Waals surface area contributed by atoms with Gasteiger partial charge in [-0.15, -0.1) is 0 Å². The number of imidazole rings is 1. The summed E-state index contributed by atoms with van der Waals surface area (Å²) in [5.74, 6) is 2.45. The topological polar surface area (TPSA) is 87.1 Å². The van der Waals surface area contributed by atoms with Gasteiger partial charge in [-0.25, -0.2) is 9.97 Å². The fourth-order valence-electron chi connectivity index (χ4n) is 3.15. The molecule has 8 heteroatoms. The van der Waals surface area contributed by atoms with Crippen LogP contribution in [0.2, 0.25) is 0 Å². The number of methoxy groups -OCH3 is 3. The van der Waals surface area contributed by atoms with E-state index in [9.17, 15) is 0 Å². The normalized spacial score (nSPS) is 10.9. The van der Waals surface area contributed by atoms with Crippen LogP contribution < -0.4 is 14.2 Å². The van der Waals surface area contributed by atoms with Gasteiger partial charge in [-0.05, 0) is 24.3 Å². The van der Waals surface area contributed by atoms with E-state index in [-0.39, 0.29) is 0 Å². The summed E-state index contributed by atoms with van der Waals surface area (Å²) in [7, 11) is 4.78. The third-order valence-corrected chi connectivity index (χ3v) is 4.40. The predicted molar refractivity (Wildman–Crippen MR) is 100 cm³/mol. The molecular formula is C19H19N5O3. The fourth-order valence-corrected chi connectivity index (χ4v) is 3.15. The Balaban J connectivity index is 1.78. The van der Waals surface area contributed by atoms with E-state index < -0.39 is 0 Å². The summed E-state index contributed by atoms with van der Waals surface area (Å²) in [5.41, 5.74) is 2.46. The molecule has 0 saturated heterocycles. The third-order valence-electron chi connectivity index (χ3n) is 4.40. The van der Waals surface area contributed by atoms with Crippen molar-refractivity contribution in [2.24, 2.45) is 0 Å². The van der Waals surface area contributed by atoms with Gasteiger partial charge in [0.15, 0.2) is 17.1 Å². The van der Waals surface area contributed by atoms with Crippen molar-refractivity contribution in [2.45, 2.75) is 6.54 Å². The average Bonchev–Trinajstić information content (AvgIpc) is 3.34. The molecule has 0 radical (unpaired) electrons. The predicted octanol–water partition coefficient (Wildman–Crippen LogP) is 2.90. The molecule has 3 heterocycles. The van der Waals surface area contributed by atoms with E-state index in [1.54, 1.807) is 33.7 Å². The molecule has 0 unspecified atom stereocenters. The van der Waals surface area contributed by atoms with Crippen molar-refractivity contribution in [1.29, 1.82) is 0 Å². The van der Waals surface area contributed by atoms with Crippen LogP contribution in [0.3, 0.4) is 0 Å². The summed E-state index contributed by atoms with van der Waals surface area (Å²) in [6, 6.07) is 7.64. The second kappa shape index (κ2) is 6.99. The first kappa shape index (κ1) is 16.9. The van der Waals surface area contributed by atoms with E-state index >= 15 is 0 Å². The molecule has 1 aromatic carbocycles. The highest BCUT2D eigenvalue weighted by Crippen LogP contribution is 2.43. The highest BCUT2D eigenvalue weighted by Gasteiger charge is 2.20. The zero-order valence-electron chi connectivity index (χ0n) is 15.3. The molecule has 0 atom stereocenters. The Labute approximate surface area is 155 Å². The number of aromatic amines is 1. The fraction of sp³-hybridized carbons (Fsp3) is 0.211. The molecule has 0 amide bonds. The number of hydrogen-bond acceptors (Lipinski definition) is 6. The van der Waals surface area contributed by atoms with Crippen LogP contribution in [0.25, 0.3) is 22.4 Å². The summed E-state index contributed by atoms with van der Waals surface area (Å²) in [6.07, 6.45) is 5.39. The number of aromatic nitrogens is 5.